The second-order valence-corrected chi connectivity index (χ2v) is 5.17. The Kier molecular flexibility index (Phi) is 9.32. The van der Waals surface area contributed by atoms with Gasteiger partial charge in [-0.3, -0.25) is 9.98 Å². The smallest absolute Gasteiger partial charge is 0.188 e. The normalized spacial score (nSPS) is 15.7. The topological polar surface area (TPSA) is 66.5 Å². The van der Waals surface area contributed by atoms with Gasteiger partial charge in [0.25, 0.3) is 0 Å². The molecule has 1 fully saturated rings. The first kappa shape index (κ1) is 18.2. The van der Waals surface area contributed by atoms with Gasteiger partial charge in [0.1, 0.15) is 0 Å². The molecule has 0 unspecified atom stereocenters. The maximum absolute atomic E-state index is 5.84. The van der Waals surface area contributed by atoms with Crippen molar-refractivity contribution in [3.05, 3.63) is 30.1 Å². The fourth-order valence-electron chi connectivity index (χ4n) is 2.42. The van der Waals surface area contributed by atoms with Crippen LogP contribution in [0, 0.1) is 0 Å². The molecule has 2 rings (SSSR count). The van der Waals surface area contributed by atoms with Crippen molar-refractivity contribution in [1.82, 2.24) is 15.2 Å². The lowest BCUT2D eigenvalue weighted by Crippen LogP contribution is -2.33. The van der Waals surface area contributed by atoms with Gasteiger partial charge in [0.2, 0.25) is 0 Å². The van der Waals surface area contributed by atoms with Crippen molar-refractivity contribution in [2.45, 2.75) is 25.7 Å². The van der Waals surface area contributed by atoms with Crippen LogP contribution in [0.5, 0.6) is 0 Å². The Morgan fingerprint density at radius 2 is 2.14 bits per heavy atom. The predicted molar refractivity (Wildman–Crippen MR) is 98.1 cm³/mol. The van der Waals surface area contributed by atoms with Gasteiger partial charge in [-0.05, 0) is 51.0 Å². The number of nitrogens with two attached hydrogens (primary N) is 1. The summed E-state index contributed by atoms with van der Waals surface area (Å²) < 4.78 is 0. The van der Waals surface area contributed by atoms with E-state index in [0.717, 1.165) is 38.2 Å². The molecule has 0 amide bonds. The number of nitrogens with zero attached hydrogens (tertiary/aromatic N) is 3. The van der Waals surface area contributed by atoms with E-state index in [2.05, 4.69) is 20.2 Å². The van der Waals surface area contributed by atoms with Crippen LogP contribution in [0.1, 0.15) is 25.0 Å². The average molecular weight is 403 g/mol. The first-order valence-electron chi connectivity index (χ1n) is 7.50. The molecule has 0 saturated carbocycles. The highest BCUT2D eigenvalue weighted by atomic mass is 127. The van der Waals surface area contributed by atoms with Gasteiger partial charge in [0, 0.05) is 31.4 Å². The quantitative estimate of drug-likeness (QED) is 0.314. The highest BCUT2D eigenvalue weighted by molar-refractivity contribution is 14.0. The maximum atomic E-state index is 5.84. The van der Waals surface area contributed by atoms with Gasteiger partial charge in [-0.15, -0.1) is 24.0 Å². The molecule has 1 aliphatic rings. The lowest BCUT2D eigenvalue weighted by atomic mass is 10.3. The van der Waals surface area contributed by atoms with Crippen LogP contribution in [0.2, 0.25) is 0 Å². The minimum atomic E-state index is 0. The van der Waals surface area contributed by atoms with Crippen LogP contribution < -0.4 is 11.1 Å². The number of likely N-dealkylation sites (tertiary alicyclic amines) is 1. The molecule has 0 atom stereocenters. The van der Waals surface area contributed by atoms with E-state index < -0.39 is 0 Å². The largest absolute Gasteiger partial charge is 0.370 e. The molecule has 5 nitrogen and oxygen atoms in total. The minimum Gasteiger partial charge on any atom is -0.370 e. The summed E-state index contributed by atoms with van der Waals surface area (Å²) in [6.45, 7) is 5.23. The Bertz CT molecular complexity index is 404. The zero-order valence-electron chi connectivity index (χ0n) is 12.5. The van der Waals surface area contributed by atoms with Gasteiger partial charge < -0.3 is 16.0 Å². The molecule has 0 spiro atoms. The summed E-state index contributed by atoms with van der Waals surface area (Å²) >= 11 is 0. The van der Waals surface area contributed by atoms with Crippen molar-refractivity contribution in [2.24, 2.45) is 10.7 Å². The molecule has 1 saturated heterocycles. The monoisotopic (exact) mass is 403 g/mol. The molecule has 21 heavy (non-hydrogen) atoms. The van der Waals surface area contributed by atoms with Gasteiger partial charge in [0.15, 0.2) is 5.96 Å². The van der Waals surface area contributed by atoms with Crippen molar-refractivity contribution >= 4 is 29.9 Å². The Labute approximate surface area is 144 Å². The van der Waals surface area contributed by atoms with Crippen LogP contribution in [0.4, 0.5) is 0 Å². The molecular weight excluding hydrogens is 377 g/mol. The van der Waals surface area contributed by atoms with Crippen molar-refractivity contribution in [3.63, 3.8) is 0 Å². The lowest BCUT2D eigenvalue weighted by Gasteiger charge is -2.13. The number of nitrogens with one attached hydrogen (secondary N) is 1. The molecule has 118 valence electrons. The number of hydrogen-bond donors (Lipinski definition) is 2. The number of guanidine groups is 1. The molecule has 6 heteroatoms. The van der Waals surface area contributed by atoms with E-state index in [4.69, 9.17) is 5.73 Å². The average Bonchev–Trinajstić information content (AvgIpc) is 2.98. The van der Waals surface area contributed by atoms with Gasteiger partial charge in [-0.1, -0.05) is 6.07 Å². The second kappa shape index (κ2) is 10.8. The van der Waals surface area contributed by atoms with E-state index in [9.17, 15) is 0 Å². The number of pyridine rings is 1. The van der Waals surface area contributed by atoms with Crippen LogP contribution in [0.15, 0.2) is 29.4 Å². The van der Waals surface area contributed by atoms with Crippen LogP contribution >= 0.6 is 24.0 Å². The summed E-state index contributed by atoms with van der Waals surface area (Å²) in [7, 11) is 0. The van der Waals surface area contributed by atoms with Crippen LogP contribution in [-0.2, 0) is 6.42 Å². The molecule has 0 aromatic carbocycles. The molecule has 1 aliphatic heterocycles. The highest BCUT2D eigenvalue weighted by Gasteiger charge is 2.09. The number of hydrogen-bond acceptors (Lipinski definition) is 3. The lowest BCUT2D eigenvalue weighted by molar-refractivity contribution is 0.336. The molecule has 0 bridgehead atoms. The van der Waals surface area contributed by atoms with Gasteiger partial charge >= 0.3 is 0 Å². The summed E-state index contributed by atoms with van der Waals surface area (Å²) in [6.07, 6.45) is 6.46. The number of aliphatic imine (C=N–C) groups is 1. The second-order valence-electron chi connectivity index (χ2n) is 5.17. The Hall–Kier alpha value is -0.890. The van der Waals surface area contributed by atoms with E-state index in [1.54, 1.807) is 0 Å². The van der Waals surface area contributed by atoms with Gasteiger partial charge in [-0.25, -0.2) is 0 Å². The van der Waals surface area contributed by atoms with Crippen molar-refractivity contribution in [2.75, 3.05) is 32.7 Å². The number of halogens is 1. The standard InChI is InChI=1S/C15H25N5.HI/c16-15(18-9-5-13-20-11-3-4-12-20)19-10-7-14-6-1-2-8-17-14;/h1-2,6,8H,3-5,7,9-13H2,(H3,16,18,19);1H. The number of rotatable bonds is 7. The highest BCUT2D eigenvalue weighted by Crippen LogP contribution is 2.07. The zero-order chi connectivity index (χ0) is 14.0. The predicted octanol–water partition coefficient (Wildman–Crippen LogP) is 1.63. The third kappa shape index (κ3) is 7.61. The summed E-state index contributed by atoms with van der Waals surface area (Å²) in [6, 6.07) is 5.94. The van der Waals surface area contributed by atoms with Crippen molar-refractivity contribution < 1.29 is 0 Å². The first-order valence-corrected chi connectivity index (χ1v) is 7.50. The maximum Gasteiger partial charge on any atom is 0.188 e. The van der Waals surface area contributed by atoms with E-state index in [-0.39, 0.29) is 24.0 Å². The van der Waals surface area contributed by atoms with E-state index in [1.807, 2.05) is 24.4 Å². The molecule has 0 radical (unpaired) electrons. The fourth-order valence-corrected chi connectivity index (χ4v) is 2.42. The van der Waals surface area contributed by atoms with E-state index >= 15 is 0 Å². The molecule has 1 aromatic rings. The molecular formula is C15H26IN5. The Balaban J connectivity index is 0.00000220. The first-order chi connectivity index (χ1) is 9.84. The van der Waals surface area contributed by atoms with E-state index in [1.165, 1.54) is 25.9 Å². The summed E-state index contributed by atoms with van der Waals surface area (Å²) in [4.78, 5) is 11.1. The van der Waals surface area contributed by atoms with Crippen molar-refractivity contribution in [3.8, 4) is 0 Å². The molecule has 0 aliphatic carbocycles. The molecule has 1 aromatic heterocycles. The summed E-state index contributed by atoms with van der Waals surface area (Å²) in [5.74, 6) is 0.544. The fraction of sp³-hybridized carbons (Fsp3) is 0.600. The van der Waals surface area contributed by atoms with Gasteiger partial charge in [0.05, 0.1) is 0 Å². The Morgan fingerprint density at radius 3 is 2.86 bits per heavy atom. The van der Waals surface area contributed by atoms with Crippen LogP contribution in [0.25, 0.3) is 0 Å². The van der Waals surface area contributed by atoms with Gasteiger partial charge in [-0.2, -0.15) is 0 Å². The third-order valence-corrected chi connectivity index (χ3v) is 3.53. The summed E-state index contributed by atoms with van der Waals surface area (Å²) in [5.41, 5.74) is 6.91. The van der Waals surface area contributed by atoms with Crippen LogP contribution in [0.3, 0.4) is 0 Å². The summed E-state index contributed by atoms with van der Waals surface area (Å²) in [5, 5.41) is 3.13. The third-order valence-electron chi connectivity index (χ3n) is 3.53. The minimum absolute atomic E-state index is 0. The molecule has 3 N–H and O–H groups in total. The molecule has 2 heterocycles. The zero-order valence-corrected chi connectivity index (χ0v) is 14.8. The Morgan fingerprint density at radius 1 is 1.33 bits per heavy atom. The van der Waals surface area contributed by atoms with E-state index in [0.29, 0.717) is 5.96 Å². The van der Waals surface area contributed by atoms with Crippen LogP contribution in [-0.4, -0.2) is 48.6 Å². The van der Waals surface area contributed by atoms with Crippen molar-refractivity contribution in [1.29, 1.82) is 0 Å². The SMILES string of the molecule is I.NC(=NCCCN1CCCC1)NCCc1ccccn1. The number of aromatic nitrogens is 1.